The van der Waals surface area contributed by atoms with Gasteiger partial charge in [-0.2, -0.15) is 0 Å². The summed E-state index contributed by atoms with van der Waals surface area (Å²) in [5.41, 5.74) is 0.729. The Kier molecular flexibility index (Phi) is 5.85. The van der Waals surface area contributed by atoms with Gasteiger partial charge in [0.2, 0.25) is 11.8 Å². The maximum absolute atomic E-state index is 13.0. The van der Waals surface area contributed by atoms with Crippen LogP contribution in [-0.2, 0) is 22.6 Å². The highest BCUT2D eigenvalue weighted by Crippen LogP contribution is 2.28. The highest BCUT2D eigenvalue weighted by molar-refractivity contribution is 6.31. The molecule has 1 aromatic carbocycles. The van der Waals surface area contributed by atoms with Crippen LogP contribution in [0.2, 0.25) is 5.02 Å². The Morgan fingerprint density at radius 2 is 2.17 bits per heavy atom. The monoisotopic (exact) mass is 415 g/mol. The highest BCUT2D eigenvalue weighted by atomic mass is 35.5. The molecule has 2 aliphatic heterocycles. The number of hydrogen-bond acceptors (Lipinski definition) is 4. The number of benzene rings is 1. The first kappa shape index (κ1) is 19.9. The molecule has 1 fully saturated rings. The lowest BCUT2D eigenvalue weighted by Crippen LogP contribution is -2.36. The van der Waals surface area contributed by atoms with Crippen molar-refractivity contribution in [2.45, 2.75) is 58.0 Å². The fourth-order valence-corrected chi connectivity index (χ4v) is 4.37. The van der Waals surface area contributed by atoms with Crippen LogP contribution in [-0.4, -0.2) is 33.1 Å². The van der Waals surface area contributed by atoms with Gasteiger partial charge in [-0.25, -0.2) is 0 Å². The maximum Gasteiger partial charge on any atom is 0.227 e. The van der Waals surface area contributed by atoms with Crippen LogP contribution in [0.1, 0.15) is 56.7 Å². The lowest BCUT2D eigenvalue weighted by molar-refractivity contribution is -0.127. The summed E-state index contributed by atoms with van der Waals surface area (Å²) in [6, 6.07) is 6.97. The van der Waals surface area contributed by atoms with Gasteiger partial charge in [0.05, 0.1) is 12.0 Å². The van der Waals surface area contributed by atoms with Crippen LogP contribution in [0.4, 0.5) is 5.69 Å². The first-order valence-corrected chi connectivity index (χ1v) is 10.7. The number of aromatic nitrogens is 3. The SMILES string of the molecule is CC[C@H](NC(=O)[C@@H]1CC(=O)N(c2cccc(Cl)c2)C1)c1nnc2n1CCCCC2. The topological polar surface area (TPSA) is 80.1 Å². The van der Waals surface area contributed by atoms with Gasteiger partial charge in [-0.15, -0.1) is 10.2 Å². The molecule has 8 heteroatoms. The highest BCUT2D eigenvalue weighted by Gasteiger charge is 2.36. The molecule has 7 nitrogen and oxygen atoms in total. The number of anilines is 1. The van der Waals surface area contributed by atoms with E-state index in [1.165, 1.54) is 6.42 Å². The zero-order chi connectivity index (χ0) is 20.4. The normalized spacial score (nSPS) is 20.3. The van der Waals surface area contributed by atoms with E-state index in [4.69, 9.17) is 11.6 Å². The molecule has 0 bridgehead atoms. The van der Waals surface area contributed by atoms with Gasteiger partial charge in [-0.05, 0) is 37.5 Å². The quantitative estimate of drug-likeness (QED) is 0.812. The van der Waals surface area contributed by atoms with E-state index in [1.807, 2.05) is 19.1 Å². The predicted molar refractivity (Wildman–Crippen MR) is 111 cm³/mol. The molecule has 4 rings (SSSR count). The molecule has 1 aromatic heterocycles. The van der Waals surface area contributed by atoms with Crippen LogP contribution in [0.3, 0.4) is 0 Å². The Labute approximate surface area is 175 Å². The largest absolute Gasteiger partial charge is 0.346 e. The molecule has 0 unspecified atom stereocenters. The molecule has 3 heterocycles. The summed E-state index contributed by atoms with van der Waals surface area (Å²) in [7, 11) is 0. The van der Waals surface area contributed by atoms with Crippen molar-refractivity contribution in [3.8, 4) is 0 Å². The second kappa shape index (κ2) is 8.53. The summed E-state index contributed by atoms with van der Waals surface area (Å²) in [6.07, 6.45) is 5.28. The molecule has 0 radical (unpaired) electrons. The summed E-state index contributed by atoms with van der Waals surface area (Å²) >= 11 is 6.05. The molecule has 0 aliphatic carbocycles. The second-order valence-electron chi connectivity index (χ2n) is 7.79. The van der Waals surface area contributed by atoms with Crippen LogP contribution < -0.4 is 10.2 Å². The van der Waals surface area contributed by atoms with E-state index >= 15 is 0 Å². The number of fused-ring (bicyclic) bond motifs is 1. The minimum Gasteiger partial charge on any atom is -0.346 e. The van der Waals surface area contributed by atoms with Crippen molar-refractivity contribution in [3.63, 3.8) is 0 Å². The van der Waals surface area contributed by atoms with E-state index in [0.29, 0.717) is 11.6 Å². The lowest BCUT2D eigenvalue weighted by Gasteiger charge is -2.20. The van der Waals surface area contributed by atoms with E-state index in [2.05, 4.69) is 20.1 Å². The van der Waals surface area contributed by atoms with Crippen molar-refractivity contribution >= 4 is 29.1 Å². The van der Waals surface area contributed by atoms with Crippen LogP contribution in [0, 0.1) is 5.92 Å². The minimum atomic E-state index is -0.387. The third-order valence-electron chi connectivity index (χ3n) is 5.79. The molecular formula is C21H26ClN5O2. The van der Waals surface area contributed by atoms with Crippen LogP contribution in [0.5, 0.6) is 0 Å². The predicted octanol–water partition coefficient (Wildman–Crippen LogP) is 3.28. The average molecular weight is 416 g/mol. The number of nitrogens with one attached hydrogen (secondary N) is 1. The fourth-order valence-electron chi connectivity index (χ4n) is 4.18. The minimum absolute atomic E-state index is 0.0585. The smallest absolute Gasteiger partial charge is 0.227 e. The number of carbonyl (C=O) groups is 2. The third kappa shape index (κ3) is 4.15. The number of carbonyl (C=O) groups excluding carboxylic acids is 2. The molecular weight excluding hydrogens is 390 g/mol. The van der Waals surface area contributed by atoms with Gasteiger partial charge < -0.3 is 14.8 Å². The van der Waals surface area contributed by atoms with Gasteiger partial charge in [-0.3, -0.25) is 9.59 Å². The van der Waals surface area contributed by atoms with Crippen molar-refractivity contribution in [1.29, 1.82) is 0 Å². The van der Waals surface area contributed by atoms with Crippen LogP contribution in [0.25, 0.3) is 0 Å². The number of aryl methyl sites for hydroxylation is 1. The summed E-state index contributed by atoms with van der Waals surface area (Å²) in [5.74, 6) is 1.28. The Morgan fingerprint density at radius 1 is 1.31 bits per heavy atom. The van der Waals surface area contributed by atoms with Crippen molar-refractivity contribution in [2.24, 2.45) is 5.92 Å². The van der Waals surface area contributed by atoms with E-state index in [-0.39, 0.29) is 30.2 Å². The van der Waals surface area contributed by atoms with Crippen molar-refractivity contribution in [1.82, 2.24) is 20.1 Å². The van der Waals surface area contributed by atoms with Gasteiger partial charge in [0.1, 0.15) is 5.82 Å². The van der Waals surface area contributed by atoms with Gasteiger partial charge in [0.15, 0.2) is 5.82 Å². The fraction of sp³-hybridized carbons (Fsp3) is 0.524. The number of amides is 2. The summed E-state index contributed by atoms with van der Waals surface area (Å²) in [4.78, 5) is 27.1. The summed E-state index contributed by atoms with van der Waals surface area (Å²) < 4.78 is 2.17. The van der Waals surface area contributed by atoms with Gasteiger partial charge >= 0.3 is 0 Å². The lowest BCUT2D eigenvalue weighted by atomic mass is 10.1. The number of hydrogen-bond donors (Lipinski definition) is 1. The van der Waals surface area contributed by atoms with E-state index in [9.17, 15) is 9.59 Å². The third-order valence-corrected chi connectivity index (χ3v) is 6.03. The maximum atomic E-state index is 13.0. The first-order valence-electron chi connectivity index (χ1n) is 10.3. The summed E-state index contributed by atoms with van der Waals surface area (Å²) in [6.45, 7) is 3.29. The molecule has 1 N–H and O–H groups in total. The summed E-state index contributed by atoms with van der Waals surface area (Å²) in [5, 5.41) is 12.4. The molecule has 2 amide bonds. The van der Waals surface area contributed by atoms with E-state index in [0.717, 1.165) is 49.6 Å². The molecule has 29 heavy (non-hydrogen) atoms. The van der Waals surface area contributed by atoms with Gasteiger partial charge in [0.25, 0.3) is 0 Å². The van der Waals surface area contributed by atoms with Crippen molar-refractivity contribution < 1.29 is 9.59 Å². The van der Waals surface area contributed by atoms with Crippen molar-refractivity contribution in [3.05, 3.63) is 40.9 Å². The average Bonchev–Trinajstić information content (AvgIpc) is 3.22. The standard InChI is InChI=1S/C21H26ClN5O2/c1-2-17(20-25-24-18-9-4-3-5-10-26(18)20)23-21(29)14-11-19(28)27(13-14)16-8-6-7-15(22)12-16/h6-8,12,14,17H,2-5,9-11,13H2,1H3,(H,23,29)/t14-,17+/m1/s1. The second-order valence-corrected chi connectivity index (χ2v) is 8.23. The number of halogens is 1. The molecule has 0 spiro atoms. The molecule has 0 saturated carbocycles. The first-order chi connectivity index (χ1) is 14.1. The number of rotatable bonds is 5. The van der Waals surface area contributed by atoms with Gasteiger partial charge in [-0.1, -0.05) is 31.0 Å². The van der Waals surface area contributed by atoms with Crippen LogP contribution in [0.15, 0.2) is 24.3 Å². The number of nitrogens with zero attached hydrogens (tertiary/aromatic N) is 4. The molecule has 2 aliphatic rings. The Balaban J connectivity index is 1.46. The Hall–Kier alpha value is -2.41. The van der Waals surface area contributed by atoms with Crippen molar-refractivity contribution in [2.75, 3.05) is 11.4 Å². The zero-order valence-electron chi connectivity index (χ0n) is 16.6. The molecule has 2 aromatic rings. The molecule has 2 atom stereocenters. The van der Waals surface area contributed by atoms with Gasteiger partial charge in [0, 0.05) is 36.6 Å². The molecule has 1 saturated heterocycles. The Morgan fingerprint density at radius 3 is 2.97 bits per heavy atom. The van der Waals surface area contributed by atoms with Crippen LogP contribution >= 0.6 is 11.6 Å². The molecule has 154 valence electrons. The van der Waals surface area contributed by atoms with E-state index < -0.39 is 0 Å². The van der Waals surface area contributed by atoms with E-state index in [1.54, 1.807) is 17.0 Å². The Bertz CT molecular complexity index is 912. The zero-order valence-corrected chi connectivity index (χ0v) is 17.4.